The molecule has 0 aliphatic heterocycles. The Bertz CT molecular complexity index is 358. The second kappa shape index (κ2) is 8.86. The molecule has 3 amide bonds. The second-order valence-corrected chi connectivity index (χ2v) is 3.77. The molecule has 0 aliphatic carbocycles. The van der Waals surface area contributed by atoms with Gasteiger partial charge in [0, 0.05) is 6.42 Å². The van der Waals surface area contributed by atoms with E-state index >= 15 is 0 Å². The average Bonchev–Trinajstić information content (AvgIpc) is 2.31. The summed E-state index contributed by atoms with van der Waals surface area (Å²) in [6, 6.07) is -1.02. The fraction of sp³-hybridized carbons (Fsp3) is 0.600. The van der Waals surface area contributed by atoms with Gasteiger partial charge in [-0.2, -0.15) is 0 Å². The highest BCUT2D eigenvalue weighted by Gasteiger charge is 2.21. The third kappa shape index (κ3) is 8.55. The Morgan fingerprint density at radius 2 is 1.84 bits per heavy atom. The summed E-state index contributed by atoms with van der Waals surface area (Å²) in [6.45, 7) is -0.378. The first-order chi connectivity index (χ1) is 8.86. The Kier molecular flexibility index (Phi) is 7.85. The Balaban J connectivity index is 4.46. The predicted molar refractivity (Wildman–Crippen MR) is 64.9 cm³/mol. The number of nitrogens with one attached hydrogen (secondary N) is 3. The Morgan fingerprint density at radius 1 is 1.21 bits per heavy atom. The van der Waals surface area contributed by atoms with Crippen molar-refractivity contribution in [2.24, 2.45) is 5.73 Å². The monoisotopic (exact) mass is 274 g/mol. The predicted octanol–water partition coefficient (Wildman–Crippen LogP) is -2.84. The first kappa shape index (κ1) is 16.8. The molecule has 0 saturated carbocycles. The number of amides is 3. The number of carboxylic acid groups (broad SMARTS) is 1. The summed E-state index contributed by atoms with van der Waals surface area (Å²) in [4.78, 5) is 44.0. The number of carboxylic acids is 1. The van der Waals surface area contributed by atoms with Gasteiger partial charge in [-0.15, -0.1) is 0 Å². The Morgan fingerprint density at radius 3 is 2.32 bits per heavy atom. The molecule has 0 aromatic rings. The molecule has 9 heteroatoms. The van der Waals surface area contributed by atoms with Crippen LogP contribution in [0.25, 0.3) is 0 Å². The zero-order chi connectivity index (χ0) is 14.8. The van der Waals surface area contributed by atoms with Crippen LogP contribution in [-0.2, 0) is 19.2 Å². The van der Waals surface area contributed by atoms with Gasteiger partial charge in [0.2, 0.25) is 17.7 Å². The Labute approximate surface area is 109 Å². The van der Waals surface area contributed by atoms with Crippen LogP contribution < -0.4 is 21.7 Å². The fourth-order valence-electron chi connectivity index (χ4n) is 1.24. The SMILES string of the molecule is CNCC(=O)N[C@@H](CCC(=O)O)C(=O)NCC(N)=O. The van der Waals surface area contributed by atoms with Crippen LogP contribution in [0.15, 0.2) is 0 Å². The zero-order valence-electron chi connectivity index (χ0n) is 10.6. The molecule has 0 rings (SSSR count). The van der Waals surface area contributed by atoms with Crippen LogP contribution in [0.3, 0.4) is 0 Å². The molecular weight excluding hydrogens is 256 g/mol. The summed E-state index contributed by atoms with van der Waals surface area (Å²) in [7, 11) is 1.55. The lowest BCUT2D eigenvalue weighted by Gasteiger charge is -2.17. The van der Waals surface area contributed by atoms with Gasteiger partial charge in [0.25, 0.3) is 0 Å². The Hall–Kier alpha value is -2.16. The standard InChI is InChI=1S/C10H18N4O5/c1-12-5-8(16)14-6(2-3-9(17)18)10(19)13-4-7(11)15/h6,12H,2-5H2,1H3,(H2,11,15)(H,13,19)(H,14,16)(H,17,18)/t6-/m0/s1. The van der Waals surface area contributed by atoms with Crippen molar-refractivity contribution in [2.75, 3.05) is 20.1 Å². The van der Waals surface area contributed by atoms with E-state index in [0.29, 0.717) is 0 Å². The van der Waals surface area contributed by atoms with Crippen LogP contribution in [0.5, 0.6) is 0 Å². The molecule has 1 atom stereocenters. The number of carbonyl (C=O) groups excluding carboxylic acids is 3. The first-order valence-corrected chi connectivity index (χ1v) is 5.58. The minimum absolute atomic E-state index is 0.00727. The van der Waals surface area contributed by atoms with E-state index in [9.17, 15) is 19.2 Å². The van der Waals surface area contributed by atoms with Gasteiger partial charge in [0.1, 0.15) is 6.04 Å². The van der Waals surface area contributed by atoms with Gasteiger partial charge >= 0.3 is 5.97 Å². The molecule has 0 aromatic heterocycles. The van der Waals surface area contributed by atoms with Crippen LogP contribution in [0.4, 0.5) is 0 Å². The number of carbonyl (C=O) groups is 4. The highest BCUT2D eigenvalue weighted by Crippen LogP contribution is 1.98. The summed E-state index contributed by atoms with van der Waals surface area (Å²) in [6.07, 6.45) is -0.357. The van der Waals surface area contributed by atoms with Crippen LogP contribution in [0, 0.1) is 0 Å². The maximum Gasteiger partial charge on any atom is 0.303 e. The van der Waals surface area contributed by atoms with Gasteiger partial charge in [-0.3, -0.25) is 19.2 Å². The van der Waals surface area contributed by atoms with Crippen molar-refractivity contribution in [2.45, 2.75) is 18.9 Å². The molecule has 6 N–H and O–H groups in total. The van der Waals surface area contributed by atoms with E-state index in [1.54, 1.807) is 7.05 Å². The topological polar surface area (TPSA) is 151 Å². The van der Waals surface area contributed by atoms with Gasteiger partial charge in [-0.1, -0.05) is 0 Å². The van der Waals surface area contributed by atoms with Gasteiger partial charge in [-0.05, 0) is 13.5 Å². The van der Waals surface area contributed by atoms with E-state index in [0.717, 1.165) is 0 Å². The van der Waals surface area contributed by atoms with Crippen molar-refractivity contribution in [3.05, 3.63) is 0 Å². The summed E-state index contributed by atoms with van der Waals surface area (Å²) in [5.74, 6) is -2.92. The first-order valence-electron chi connectivity index (χ1n) is 5.58. The summed E-state index contributed by atoms with van der Waals surface area (Å²) >= 11 is 0. The third-order valence-corrected chi connectivity index (χ3v) is 2.07. The average molecular weight is 274 g/mol. The lowest BCUT2D eigenvalue weighted by atomic mass is 10.1. The number of likely N-dealkylation sites (N-methyl/N-ethyl adjacent to an activating group) is 1. The van der Waals surface area contributed by atoms with Crippen molar-refractivity contribution in [3.8, 4) is 0 Å². The molecule has 0 heterocycles. The molecule has 0 fully saturated rings. The smallest absolute Gasteiger partial charge is 0.303 e. The van der Waals surface area contributed by atoms with Crippen LogP contribution in [-0.4, -0.2) is 55.0 Å². The summed E-state index contributed by atoms with van der Waals surface area (Å²) in [5.41, 5.74) is 4.87. The van der Waals surface area contributed by atoms with Crippen LogP contribution in [0.1, 0.15) is 12.8 Å². The highest BCUT2D eigenvalue weighted by molar-refractivity contribution is 5.90. The lowest BCUT2D eigenvalue weighted by molar-refractivity contribution is -0.138. The molecule has 0 spiro atoms. The summed E-state index contributed by atoms with van der Waals surface area (Å²) < 4.78 is 0. The lowest BCUT2D eigenvalue weighted by Crippen LogP contribution is -2.50. The molecule has 19 heavy (non-hydrogen) atoms. The van der Waals surface area contributed by atoms with Crippen molar-refractivity contribution in [1.29, 1.82) is 0 Å². The highest BCUT2D eigenvalue weighted by atomic mass is 16.4. The molecule has 9 nitrogen and oxygen atoms in total. The number of hydrogen-bond acceptors (Lipinski definition) is 5. The third-order valence-electron chi connectivity index (χ3n) is 2.07. The van der Waals surface area contributed by atoms with Gasteiger partial charge < -0.3 is 26.8 Å². The van der Waals surface area contributed by atoms with E-state index in [4.69, 9.17) is 10.8 Å². The number of primary amides is 1. The van der Waals surface area contributed by atoms with Crippen molar-refractivity contribution < 1.29 is 24.3 Å². The van der Waals surface area contributed by atoms with Gasteiger partial charge in [-0.25, -0.2) is 0 Å². The molecule has 0 saturated heterocycles. The molecule has 108 valence electrons. The minimum atomic E-state index is -1.09. The molecule has 0 bridgehead atoms. The second-order valence-electron chi connectivity index (χ2n) is 3.77. The van der Waals surface area contributed by atoms with Gasteiger partial charge in [0.05, 0.1) is 13.1 Å². The van der Waals surface area contributed by atoms with E-state index in [1.165, 1.54) is 0 Å². The number of nitrogens with two attached hydrogens (primary N) is 1. The molecule has 0 unspecified atom stereocenters. The minimum Gasteiger partial charge on any atom is -0.481 e. The fourth-order valence-corrected chi connectivity index (χ4v) is 1.24. The molecule has 0 aliphatic rings. The maximum absolute atomic E-state index is 11.7. The van der Waals surface area contributed by atoms with E-state index in [1.807, 2.05) is 0 Å². The maximum atomic E-state index is 11.7. The van der Waals surface area contributed by atoms with Crippen molar-refractivity contribution >= 4 is 23.7 Å². The van der Waals surface area contributed by atoms with Gasteiger partial charge in [0.15, 0.2) is 0 Å². The largest absolute Gasteiger partial charge is 0.481 e. The van der Waals surface area contributed by atoms with E-state index < -0.39 is 29.7 Å². The molecular formula is C10H18N4O5. The normalized spacial score (nSPS) is 11.4. The number of aliphatic carboxylic acids is 1. The van der Waals surface area contributed by atoms with Crippen molar-refractivity contribution in [3.63, 3.8) is 0 Å². The molecule has 0 aromatic carbocycles. The van der Waals surface area contributed by atoms with E-state index in [-0.39, 0.29) is 25.9 Å². The van der Waals surface area contributed by atoms with Crippen molar-refractivity contribution in [1.82, 2.24) is 16.0 Å². The number of rotatable bonds is 9. The van der Waals surface area contributed by atoms with Crippen LogP contribution in [0.2, 0.25) is 0 Å². The quantitative estimate of drug-likeness (QED) is 0.305. The van der Waals surface area contributed by atoms with E-state index in [2.05, 4.69) is 16.0 Å². The summed E-state index contributed by atoms with van der Waals surface area (Å²) in [5, 5.41) is 15.7. The number of hydrogen-bond donors (Lipinski definition) is 5. The zero-order valence-corrected chi connectivity index (χ0v) is 10.6. The van der Waals surface area contributed by atoms with Crippen LogP contribution >= 0.6 is 0 Å². The molecule has 0 radical (unpaired) electrons.